The Kier molecular flexibility index (Phi) is 5.53. The highest BCUT2D eigenvalue weighted by atomic mass is 15.3. The number of benzene rings is 1. The maximum absolute atomic E-state index is 5.80. The van der Waals surface area contributed by atoms with Gasteiger partial charge in [0.25, 0.3) is 0 Å². The molecule has 1 atom stereocenters. The highest BCUT2D eigenvalue weighted by Gasteiger charge is 2.09. The van der Waals surface area contributed by atoms with Crippen molar-refractivity contribution in [2.75, 3.05) is 7.05 Å². The third-order valence-electron chi connectivity index (χ3n) is 3.92. The zero-order valence-electron chi connectivity index (χ0n) is 13.3. The quantitative estimate of drug-likeness (QED) is 0.851. The first kappa shape index (κ1) is 15.7. The molecule has 1 aromatic carbocycles. The van der Waals surface area contributed by atoms with E-state index in [2.05, 4.69) is 66.0 Å². The van der Waals surface area contributed by atoms with Crippen LogP contribution >= 0.6 is 0 Å². The molecule has 0 saturated carbocycles. The van der Waals surface area contributed by atoms with Gasteiger partial charge in [-0.05, 0) is 37.6 Å². The third kappa shape index (κ3) is 4.16. The van der Waals surface area contributed by atoms with Crippen LogP contribution in [0.2, 0.25) is 0 Å². The number of nitrogens with two attached hydrogens (primary N) is 1. The number of aromatic nitrogens is 2. The summed E-state index contributed by atoms with van der Waals surface area (Å²) in [6.07, 6.45) is 3.17. The van der Waals surface area contributed by atoms with E-state index in [0.29, 0.717) is 12.6 Å². The van der Waals surface area contributed by atoms with Gasteiger partial charge in [-0.25, -0.2) is 0 Å². The van der Waals surface area contributed by atoms with Crippen molar-refractivity contribution >= 4 is 0 Å². The minimum absolute atomic E-state index is 0.460. The summed E-state index contributed by atoms with van der Waals surface area (Å²) < 4.78 is 2.05. The largest absolute Gasteiger partial charge is 0.326 e. The van der Waals surface area contributed by atoms with Crippen molar-refractivity contribution in [2.45, 2.75) is 45.9 Å². The second-order valence-electron chi connectivity index (χ2n) is 5.69. The molecule has 21 heavy (non-hydrogen) atoms. The van der Waals surface area contributed by atoms with Crippen LogP contribution in [-0.4, -0.2) is 21.7 Å². The molecule has 0 aliphatic carbocycles. The fraction of sp³-hybridized carbons (Fsp3) is 0.471. The predicted molar refractivity (Wildman–Crippen MR) is 86.7 cm³/mol. The van der Waals surface area contributed by atoms with E-state index in [0.717, 1.165) is 25.2 Å². The van der Waals surface area contributed by atoms with Gasteiger partial charge in [0, 0.05) is 31.9 Å². The molecule has 0 spiro atoms. The maximum atomic E-state index is 5.80. The first-order chi connectivity index (χ1) is 10.1. The lowest BCUT2D eigenvalue weighted by Gasteiger charge is -2.17. The Morgan fingerprint density at radius 1 is 1.19 bits per heavy atom. The molecule has 0 saturated heterocycles. The van der Waals surface area contributed by atoms with E-state index < -0.39 is 0 Å². The molecule has 1 aromatic heterocycles. The Balaban J connectivity index is 1.98. The second kappa shape index (κ2) is 7.38. The summed E-state index contributed by atoms with van der Waals surface area (Å²) in [5, 5.41) is 4.66. The van der Waals surface area contributed by atoms with E-state index in [9.17, 15) is 0 Å². The molecule has 4 heteroatoms. The highest BCUT2D eigenvalue weighted by Crippen LogP contribution is 2.13. The SMILES string of the molecule is CCC(C)n1ccc(CN(C)Cc2ccccc2CN)n1. The minimum atomic E-state index is 0.460. The molecule has 0 aliphatic rings. The van der Waals surface area contributed by atoms with Crippen LogP contribution in [0, 0.1) is 0 Å². The lowest BCUT2D eigenvalue weighted by Crippen LogP contribution is -2.19. The molecule has 0 aliphatic heterocycles. The van der Waals surface area contributed by atoms with Crippen LogP contribution in [0.25, 0.3) is 0 Å². The number of hydrogen-bond acceptors (Lipinski definition) is 3. The molecular formula is C17H26N4. The molecule has 1 unspecified atom stereocenters. The lowest BCUT2D eigenvalue weighted by molar-refractivity contribution is 0.311. The van der Waals surface area contributed by atoms with Crippen molar-refractivity contribution < 1.29 is 0 Å². The summed E-state index contributed by atoms with van der Waals surface area (Å²) >= 11 is 0. The van der Waals surface area contributed by atoms with E-state index >= 15 is 0 Å². The number of hydrogen-bond donors (Lipinski definition) is 1. The van der Waals surface area contributed by atoms with Crippen LogP contribution in [-0.2, 0) is 19.6 Å². The van der Waals surface area contributed by atoms with Crippen LogP contribution < -0.4 is 5.73 Å². The van der Waals surface area contributed by atoms with Crippen molar-refractivity contribution in [1.82, 2.24) is 14.7 Å². The van der Waals surface area contributed by atoms with Crippen LogP contribution in [0.4, 0.5) is 0 Å². The maximum Gasteiger partial charge on any atom is 0.0764 e. The van der Waals surface area contributed by atoms with Gasteiger partial charge in [-0.3, -0.25) is 9.58 Å². The molecule has 1 heterocycles. The molecule has 0 bridgehead atoms. The van der Waals surface area contributed by atoms with E-state index in [1.807, 2.05) is 6.07 Å². The molecule has 0 fully saturated rings. The zero-order chi connectivity index (χ0) is 15.2. The predicted octanol–water partition coefficient (Wildman–Crippen LogP) is 2.94. The molecule has 0 amide bonds. The normalized spacial score (nSPS) is 12.8. The van der Waals surface area contributed by atoms with Gasteiger partial charge in [0.1, 0.15) is 0 Å². The van der Waals surface area contributed by atoms with E-state index in [1.54, 1.807) is 0 Å². The topological polar surface area (TPSA) is 47.1 Å². The average molecular weight is 286 g/mol. The first-order valence-corrected chi connectivity index (χ1v) is 7.63. The van der Waals surface area contributed by atoms with Gasteiger partial charge in [-0.15, -0.1) is 0 Å². The van der Waals surface area contributed by atoms with Crippen molar-refractivity contribution in [2.24, 2.45) is 5.73 Å². The average Bonchev–Trinajstić information content (AvgIpc) is 2.95. The third-order valence-corrected chi connectivity index (χ3v) is 3.92. The molecule has 2 N–H and O–H groups in total. The fourth-order valence-electron chi connectivity index (χ4n) is 2.43. The molecule has 114 valence electrons. The van der Waals surface area contributed by atoms with Crippen molar-refractivity contribution in [3.05, 3.63) is 53.3 Å². The molecular weight excluding hydrogens is 260 g/mol. The Morgan fingerprint density at radius 3 is 2.57 bits per heavy atom. The number of rotatable bonds is 7. The Hall–Kier alpha value is -1.65. The Bertz CT molecular complexity index is 561. The van der Waals surface area contributed by atoms with Crippen molar-refractivity contribution in [3.63, 3.8) is 0 Å². The Morgan fingerprint density at radius 2 is 1.90 bits per heavy atom. The standard InChI is InChI=1S/C17H26N4/c1-4-14(2)21-10-9-17(19-21)13-20(3)12-16-8-6-5-7-15(16)11-18/h5-10,14H,4,11-13,18H2,1-3H3. The van der Waals surface area contributed by atoms with Gasteiger partial charge in [0.2, 0.25) is 0 Å². The van der Waals surface area contributed by atoms with Gasteiger partial charge in [-0.2, -0.15) is 5.10 Å². The van der Waals surface area contributed by atoms with Gasteiger partial charge in [0.05, 0.1) is 5.69 Å². The van der Waals surface area contributed by atoms with Crippen molar-refractivity contribution in [3.8, 4) is 0 Å². The highest BCUT2D eigenvalue weighted by molar-refractivity contribution is 5.26. The van der Waals surface area contributed by atoms with Crippen LogP contribution in [0.1, 0.15) is 43.1 Å². The lowest BCUT2D eigenvalue weighted by atomic mass is 10.1. The summed E-state index contributed by atoms with van der Waals surface area (Å²) in [7, 11) is 2.12. The summed E-state index contributed by atoms with van der Waals surface area (Å²) in [5.74, 6) is 0. The van der Waals surface area contributed by atoms with Crippen molar-refractivity contribution in [1.29, 1.82) is 0 Å². The molecule has 2 rings (SSSR count). The van der Waals surface area contributed by atoms with Gasteiger partial charge in [-0.1, -0.05) is 31.2 Å². The monoisotopic (exact) mass is 286 g/mol. The number of nitrogens with zero attached hydrogens (tertiary/aromatic N) is 3. The van der Waals surface area contributed by atoms with Crippen LogP contribution in [0.15, 0.2) is 36.5 Å². The fourth-order valence-corrected chi connectivity index (χ4v) is 2.43. The second-order valence-corrected chi connectivity index (χ2v) is 5.69. The summed E-state index contributed by atoms with van der Waals surface area (Å²) in [6.45, 7) is 6.71. The summed E-state index contributed by atoms with van der Waals surface area (Å²) in [6, 6.07) is 10.9. The molecule has 2 aromatic rings. The van der Waals surface area contributed by atoms with Gasteiger partial charge >= 0.3 is 0 Å². The van der Waals surface area contributed by atoms with Gasteiger partial charge in [0.15, 0.2) is 0 Å². The van der Waals surface area contributed by atoms with E-state index in [4.69, 9.17) is 5.73 Å². The minimum Gasteiger partial charge on any atom is -0.326 e. The van der Waals surface area contributed by atoms with Crippen LogP contribution in [0.5, 0.6) is 0 Å². The Labute approximate surface area is 127 Å². The van der Waals surface area contributed by atoms with Gasteiger partial charge < -0.3 is 5.73 Å². The summed E-state index contributed by atoms with van der Waals surface area (Å²) in [5.41, 5.74) is 9.42. The zero-order valence-corrected chi connectivity index (χ0v) is 13.3. The first-order valence-electron chi connectivity index (χ1n) is 7.63. The summed E-state index contributed by atoms with van der Waals surface area (Å²) in [4.78, 5) is 2.28. The molecule has 4 nitrogen and oxygen atoms in total. The van der Waals surface area contributed by atoms with Crippen LogP contribution in [0.3, 0.4) is 0 Å². The van der Waals surface area contributed by atoms with E-state index in [1.165, 1.54) is 11.1 Å². The molecule has 0 radical (unpaired) electrons. The van der Waals surface area contributed by atoms with E-state index in [-0.39, 0.29) is 0 Å². The smallest absolute Gasteiger partial charge is 0.0764 e.